The number of piperazine rings is 1. The summed E-state index contributed by atoms with van der Waals surface area (Å²) < 4.78 is 10.6. The summed E-state index contributed by atoms with van der Waals surface area (Å²) in [6.45, 7) is 10.4. The summed E-state index contributed by atoms with van der Waals surface area (Å²) in [6, 6.07) is 5.37. The SMILES string of the molecule is C=C(C)CN1CCN(C(=O)c2ccc3c(c2)OCO3)CC1. The molecule has 0 unspecified atom stereocenters. The van der Waals surface area contributed by atoms with Crippen LogP contribution in [0.3, 0.4) is 0 Å². The molecule has 0 atom stereocenters. The van der Waals surface area contributed by atoms with Gasteiger partial charge in [0.25, 0.3) is 5.91 Å². The van der Waals surface area contributed by atoms with Gasteiger partial charge >= 0.3 is 0 Å². The van der Waals surface area contributed by atoms with Crippen molar-refractivity contribution < 1.29 is 14.3 Å². The molecular formula is C16H20N2O3. The predicted molar refractivity (Wildman–Crippen MR) is 79.7 cm³/mol. The van der Waals surface area contributed by atoms with Crippen molar-refractivity contribution >= 4 is 5.91 Å². The molecule has 0 radical (unpaired) electrons. The lowest BCUT2D eigenvalue weighted by molar-refractivity contribution is 0.0647. The highest BCUT2D eigenvalue weighted by molar-refractivity contribution is 5.95. The van der Waals surface area contributed by atoms with Gasteiger partial charge in [0.15, 0.2) is 11.5 Å². The van der Waals surface area contributed by atoms with E-state index in [1.54, 1.807) is 18.2 Å². The first-order chi connectivity index (χ1) is 10.1. The number of amides is 1. The molecule has 1 amide bonds. The van der Waals surface area contributed by atoms with Crippen LogP contribution >= 0.6 is 0 Å². The fourth-order valence-electron chi connectivity index (χ4n) is 2.70. The minimum absolute atomic E-state index is 0.0586. The molecule has 1 saturated heterocycles. The molecule has 21 heavy (non-hydrogen) atoms. The summed E-state index contributed by atoms with van der Waals surface area (Å²) in [7, 11) is 0. The van der Waals surface area contributed by atoms with Crippen LogP contribution in [-0.4, -0.2) is 55.2 Å². The summed E-state index contributed by atoms with van der Waals surface area (Å²) in [5.41, 5.74) is 1.82. The van der Waals surface area contributed by atoms with Gasteiger partial charge in [0, 0.05) is 38.3 Å². The summed E-state index contributed by atoms with van der Waals surface area (Å²) in [5.74, 6) is 1.42. The summed E-state index contributed by atoms with van der Waals surface area (Å²) >= 11 is 0. The van der Waals surface area contributed by atoms with Crippen LogP contribution in [0.4, 0.5) is 0 Å². The number of hydrogen-bond acceptors (Lipinski definition) is 4. The molecule has 0 bridgehead atoms. The monoisotopic (exact) mass is 288 g/mol. The summed E-state index contributed by atoms with van der Waals surface area (Å²) in [4.78, 5) is 16.7. The van der Waals surface area contributed by atoms with Crippen molar-refractivity contribution in [2.24, 2.45) is 0 Å². The maximum absolute atomic E-state index is 12.5. The van der Waals surface area contributed by atoms with Gasteiger partial charge in [-0.15, -0.1) is 0 Å². The zero-order chi connectivity index (χ0) is 14.8. The van der Waals surface area contributed by atoms with Crippen molar-refractivity contribution in [3.63, 3.8) is 0 Å². The number of hydrogen-bond donors (Lipinski definition) is 0. The van der Waals surface area contributed by atoms with Crippen LogP contribution in [0.2, 0.25) is 0 Å². The molecular weight excluding hydrogens is 268 g/mol. The lowest BCUT2D eigenvalue weighted by Crippen LogP contribution is -2.48. The molecule has 2 aliphatic rings. The van der Waals surface area contributed by atoms with Gasteiger partial charge in [-0.05, 0) is 25.1 Å². The molecule has 1 aromatic rings. The third-order valence-corrected chi connectivity index (χ3v) is 3.77. The fourth-order valence-corrected chi connectivity index (χ4v) is 2.70. The molecule has 0 aromatic heterocycles. The Bertz CT molecular complexity index is 563. The van der Waals surface area contributed by atoms with Gasteiger partial charge in [0.2, 0.25) is 6.79 Å². The number of fused-ring (bicyclic) bond motifs is 1. The van der Waals surface area contributed by atoms with E-state index in [0.29, 0.717) is 17.1 Å². The minimum Gasteiger partial charge on any atom is -0.454 e. The number of ether oxygens (including phenoxy) is 2. The standard InChI is InChI=1S/C16H20N2O3/c1-12(2)10-17-5-7-18(8-6-17)16(19)13-3-4-14-15(9-13)21-11-20-14/h3-4,9H,1,5-8,10-11H2,2H3. The van der Waals surface area contributed by atoms with Gasteiger partial charge in [-0.2, -0.15) is 0 Å². The van der Waals surface area contributed by atoms with Crippen molar-refractivity contribution in [1.29, 1.82) is 0 Å². The Morgan fingerprint density at radius 3 is 2.62 bits per heavy atom. The third-order valence-electron chi connectivity index (χ3n) is 3.77. The van der Waals surface area contributed by atoms with E-state index < -0.39 is 0 Å². The molecule has 0 spiro atoms. The van der Waals surface area contributed by atoms with E-state index in [-0.39, 0.29) is 12.7 Å². The molecule has 112 valence electrons. The maximum atomic E-state index is 12.5. The molecule has 5 heteroatoms. The average molecular weight is 288 g/mol. The molecule has 0 saturated carbocycles. The van der Waals surface area contributed by atoms with Crippen molar-refractivity contribution in [3.8, 4) is 11.5 Å². The van der Waals surface area contributed by atoms with E-state index >= 15 is 0 Å². The highest BCUT2D eigenvalue weighted by Gasteiger charge is 2.23. The highest BCUT2D eigenvalue weighted by atomic mass is 16.7. The number of carbonyl (C=O) groups excluding carboxylic acids is 1. The van der Waals surface area contributed by atoms with Crippen LogP contribution in [0.1, 0.15) is 17.3 Å². The first-order valence-corrected chi connectivity index (χ1v) is 7.19. The predicted octanol–water partition coefficient (Wildman–Crippen LogP) is 1.75. The van der Waals surface area contributed by atoms with Crippen molar-refractivity contribution in [2.45, 2.75) is 6.92 Å². The molecule has 2 aliphatic heterocycles. The number of benzene rings is 1. The topological polar surface area (TPSA) is 42.0 Å². The Kier molecular flexibility index (Phi) is 3.84. The number of nitrogens with zero attached hydrogens (tertiary/aromatic N) is 2. The zero-order valence-corrected chi connectivity index (χ0v) is 12.3. The minimum atomic E-state index is 0.0586. The fraction of sp³-hybridized carbons (Fsp3) is 0.438. The smallest absolute Gasteiger partial charge is 0.254 e. The maximum Gasteiger partial charge on any atom is 0.254 e. The Morgan fingerprint density at radius 2 is 1.90 bits per heavy atom. The van der Waals surface area contributed by atoms with E-state index in [0.717, 1.165) is 38.3 Å². The van der Waals surface area contributed by atoms with E-state index in [1.807, 2.05) is 11.8 Å². The van der Waals surface area contributed by atoms with E-state index in [2.05, 4.69) is 11.5 Å². The number of carbonyl (C=O) groups is 1. The molecule has 0 aliphatic carbocycles. The third kappa shape index (κ3) is 3.03. The summed E-state index contributed by atoms with van der Waals surface area (Å²) in [5, 5.41) is 0. The first kappa shape index (κ1) is 13.9. The average Bonchev–Trinajstić information content (AvgIpc) is 2.94. The Hall–Kier alpha value is -2.01. The molecule has 1 fully saturated rings. The van der Waals surface area contributed by atoms with E-state index in [4.69, 9.17) is 9.47 Å². The van der Waals surface area contributed by atoms with Gasteiger partial charge < -0.3 is 14.4 Å². The Morgan fingerprint density at radius 1 is 1.19 bits per heavy atom. The Balaban J connectivity index is 1.63. The first-order valence-electron chi connectivity index (χ1n) is 7.19. The van der Waals surface area contributed by atoms with Gasteiger partial charge in [-0.25, -0.2) is 0 Å². The quantitative estimate of drug-likeness (QED) is 0.795. The van der Waals surface area contributed by atoms with Crippen molar-refractivity contribution in [3.05, 3.63) is 35.9 Å². The van der Waals surface area contributed by atoms with Crippen LogP contribution in [0.15, 0.2) is 30.4 Å². The van der Waals surface area contributed by atoms with Gasteiger partial charge in [-0.1, -0.05) is 12.2 Å². The highest BCUT2D eigenvalue weighted by Crippen LogP contribution is 2.32. The van der Waals surface area contributed by atoms with Crippen LogP contribution in [-0.2, 0) is 0 Å². The van der Waals surface area contributed by atoms with Crippen LogP contribution in [0, 0.1) is 0 Å². The Labute approximate surface area is 124 Å². The van der Waals surface area contributed by atoms with Crippen LogP contribution in [0.5, 0.6) is 11.5 Å². The lowest BCUT2D eigenvalue weighted by atomic mass is 10.1. The van der Waals surface area contributed by atoms with Crippen LogP contribution in [0.25, 0.3) is 0 Å². The molecule has 1 aromatic carbocycles. The second-order valence-electron chi connectivity index (χ2n) is 5.59. The van der Waals surface area contributed by atoms with E-state index in [9.17, 15) is 4.79 Å². The summed E-state index contributed by atoms with van der Waals surface area (Å²) in [6.07, 6.45) is 0. The van der Waals surface area contributed by atoms with Gasteiger partial charge in [-0.3, -0.25) is 9.69 Å². The number of rotatable bonds is 3. The van der Waals surface area contributed by atoms with Crippen LogP contribution < -0.4 is 9.47 Å². The van der Waals surface area contributed by atoms with E-state index in [1.165, 1.54) is 0 Å². The van der Waals surface area contributed by atoms with Gasteiger partial charge in [0.05, 0.1) is 0 Å². The molecule has 2 heterocycles. The normalized spacial score (nSPS) is 17.9. The largest absolute Gasteiger partial charge is 0.454 e. The lowest BCUT2D eigenvalue weighted by Gasteiger charge is -2.34. The van der Waals surface area contributed by atoms with Crippen molar-refractivity contribution in [1.82, 2.24) is 9.80 Å². The second kappa shape index (κ2) is 5.77. The second-order valence-corrected chi connectivity index (χ2v) is 5.59. The molecule has 0 N–H and O–H groups in total. The van der Waals surface area contributed by atoms with Crippen molar-refractivity contribution in [2.75, 3.05) is 39.5 Å². The zero-order valence-electron chi connectivity index (χ0n) is 12.3. The molecule has 5 nitrogen and oxygen atoms in total. The molecule has 3 rings (SSSR count). The van der Waals surface area contributed by atoms with Gasteiger partial charge in [0.1, 0.15) is 0 Å².